The molecule has 0 amide bonds. The van der Waals surface area contributed by atoms with Crippen LogP contribution in [0.25, 0.3) is 22.9 Å². The number of rotatable bonds is 2. The Balaban J connectivity index is -0.0000000854. The standard InChI is InChI=1S/C11H20Si.C5H8.4C4H10N.Ti/c1-8-7-11(4,12(5)6)10(3)9(8)2;1-3-5-4-2;4*1-4(2,3)5;/h7,12H,1-6H3;3-5H,1H2,2H3;4*5H,1-3H3;/q;;4*-1;+4. The summed E-state index contributed by atoms with van der Waals surface area (Å²) in [6, 6.07) is 0. The average Bonchev–Trinajstić information content (AvgIpc) is 2.74. The predicted octanol–water partition coefficient (Wildman–Crippen LogP) is 12.6. The van der Waals surface area contributed by atoms with Gasteiger partial charge in [-0.25, -0.2) is 0 Å². The number of nitrogens with one attached hydrogen (secondary N) is 4. The van der Waals surface area contributed by atoms with Crippen molar-refractivity contribution < 1.29 is 21.7 Å². The van der Waals surface area contributed by atoms with E-state index in [1.807, 2.05) is 102 Å². The van der Waals surface area contributed by atoms with E-state index in [0.29, 0.717) is 5.04 Å². The van der Waals surface area contributed by atoms with Gasteiger partial charge in [-0.15, -0.1) is 22.2 Å². The van der Waals surface area contributed by atoms with E-state index in [9.17, 15) is 0 Å². The Hall–Kier alpha value is -0.269. The molecule has 0 spiro atoms. The molecule has 0 fully saturated rings. The van der Waals surface area contributed by atoms with Gasteiger partial charge in [-0.2, -0.15) is 0 Å². The Morgan fingerprint density at radius 3 is 1.00 bits per heavy atom. The zero-order valence-electron chi connectivity index (χ0n) is 29.1. The van der Waals surface area contributed by atoms with Crippen LogP contribution < -0.4 is 0 Å². The largest absolute Gasteiger partial charge is 4.00 e. The van der Waals surface area contributed by atoms with Crippen molar-refractivity contribution in [3.05, 3.63) is 70.5 Å². The molecule has 6 heteroatoms. The SMILES string of the molecule is C=CC=CC.CC(C)(C)[NH-].CC(C)(C)[NH-].CC(C)(C)[NH-].CC(C)(C)[NH-].CC1=CC(C)([SiH](C)C)C(C)=C1C.[Ti+4]. The predicted molar refractivity (Wildman–Crippen MR) is 181 cm³/mol. The summed E-state index contributed by atoms with van der Waals surface area (Å²) in [5, 5.41) is 0.453. The van der Waals surface area contributed by atoms with E-state index in [1.165, 1.54) is 11.1 Å². The molecular formula is C32H68N4SiTi. The van der Waals surface area contributed by atoms with Crippen LogP contribution in [0.1, 0.15) is 118 Å². The van der Waals surface area contributed by atoms with Crippen molar-refractivity contribution in [3.8, 4) is 0 Å². The Labute approximate surface area is 258 Å². The minimum absolute atomic E-state index is 0. The Bertz CT molecular complexity index is 608. The summed E-state index contributed by atoms with van der Waals surface area (Å²) in [5.41, 5.74) is 31.4. The van der Waals surface area contributed by atoms with E-state index in [2.05, 4.69) is 53.4 Å². The number of allylic oxidation sites excluding steroid dienone is 7. The van der Waals surface area contributed by atoms with Gasteiger partial charge in [-0.05, 0) is 38.3 Å². The zero-order valence-corrected chi connectivity index (χ0v) is 31.8. The normalized spacial score (nSPS) is 17.0. The molecule has 38 heavy (non-hydrogen) atoms. The third-order valence-electron chi connectivity index (χ3n) is 4.01. The molecule has 1 aliphatic rings. The van der Waals surface area contributed by atoms with Gasteiger partial charge in [0, 0.05) is 8.80 Å². The molecule has 1 unspecified atom stereocenters. The maximum atomic E-state index is 6.94. The second-order valence-electron chi connectivity index (χ2n) is 14.3. The van der Waals surface area contributed by atoms with Crippen LogP contribution in [0.15, 0.2) is 47.6 Å². The molecule has 1 aliphatic carbocycles. The van der Waals surface area contributed by atoms with Gasteiger partial charge < -0.3 is 22.9 Å². The minimum atomic E-state index is -0.607. The summed E-state index contributed by atoms with van der Waals surface area (Å²) < 4.78 is 0. The van der Waals surface area contributed by atoms with Crippen molar-refractivity contribution in [2.24, 2.45) is 0 Å². The summed E-state index contributed by atoms with van der Waals surface area (Å²) in [6.45, 7) is 41.7. The maximum absolute atomic E-state index is 6.94. The van der Waals surface area contributed by atoms with E-state index >= 15 is 0 Å². The summed E-state index contributed by atoms with van der Waals surface area (Å²) in [5.74, 6) is 0. The van der Waals surface area contributed by atoms with Crippen molar-refractivity contribution in [1.82, 2.24) is 0 Å². The Kier molecular flexibility index (Phi) is 29.8. The molecule has 0 bridgehead atoms. The van der Waals surface area contributed by atoms with E-state index < -0.39 is 8.80 Å². The molecule has 4 nitrogen and oxygen atoms in total. The van der Waals surface area contributed by atoms with Crippen LogP contribution in [-0.4, -0.2) is 31.0 Å². The minimum Gasteiger partial charge on any atom is -0.673 e. The fraction of sp³-hybridized carbons (Fsp3) is 0.750. The van der Waals surface area contributed by atoms with Gasteiger partial charge in [0.2, 0.25) is 0 Å². The third kappa shape index (κ3) is 60.3. The van der Waals surface area contributed by atoms with Gasteiger partial charge in [0.15, 0.2) is 0 Å². The van der Waals surface area contributed by atoms with Crippen LogP contribution >= 0.6 is 0 Å². The summed E-state index contributed by atoms with van der Waals surface area (Å²) in [7, 11) is -0.607. The van der Waals surface area contributed by atoms with E-state index in [1.54, 1.807) is 11.6 Å². The van der Waals surface area contributed by atoms with Crippen LogP contribution in [0.4, 0.5) is 0 Å². The molecule has 0 aromatic heterocycles. The van der Waals surface area contributed by atoms with Crippen molar-refractivity contribution >= 4 is 8.80 Å². The van der Waals surface area contributed by atoms with Crippen LogP contribution in [0, 0.1) is 0 Å². The van der Waals surface area contributed by atoms with Gasteiger partial charge in [-0.1, -0.05) is 145 Å². The quantitative estimate of drug-likeness (QED) is 0.228. The molecule has 0 saturated carbocycles. The number of hydrogen-bond acceptors (Lipinski definition) is 0. The molecule has 1 rings (SSSR count). The molecular weight excluding hydrogens is 516 g/mol. The number of hydrogen-bond donors (Lipinski definition) is 0. The molecule has 4 N–H and O–H groups in total. The average molecular weight is 585 g/mol. The first-order chi connectivity index (χ1) is 15.8. The molecule has 0 aromatic rings. The van der Waals surface area contributed by atoms with Gasteiger partial charge in [0.05, 0.1) is 0 Å². The van der Waals surface area contributed by atoms with Crippen LogP contribution in [0.2, 0.25) is 18.1 Å². The van der Waals surface area contributed by atoms with Crippen molar-refractivity contribution in [2.75, 3.05) is 0 Å². The molecule has 0 aromatic carbocycles. The van der Waals surface area contributed by atoms with Gasteiger partial charge >= 0.3 is 21.7 Å². The monoisotopic (exact) mass is 584 g/mol. The fourth-order valence-corrected chi connectivity index (χ4v) is 3.77. The third-order valence-corrected chi connectivity index (χ3v) is 7.00. The summed E-state index contributed by atoms with van der Waals surface area (Å²) in [6.07, 6.45) is 8.06. The van der Waals surface area contributed by atoms with Gasteiger partial charge in [0.1, 0.15) is 0 Å². The van der Waals surface area contributed by atoms with Crippen LogP contribution in [0.5, 0.6) is 0 Å². The molecule has 0 saturated heterocycles. The smallest absolute Gasteiger partial charge is 0.673 e. The first kappa shape index (κ1) is 50.6. The van der Waals surface area contributed by atoms with Crippen LogP contribution in [-0.2, 0) is 21.7 Å². The van der Waals surface area contributed by atoms with Crippen LogP contribution in [0.3, 0.4) is 0 Å². The first-order valence-corrected chi connectivity index (χ1v) is 16.3. The second kappa shape index (κ2) is 22.4. The molecule has 224 valence electrons. The van der Waals surface area contributed by atoms with E-state index in [-0.39, 0.29) is 43.9 Å². The molecule has 0 heterocycles. The fourth-order valence-electron chi connectivity index (χ4n) is 2.10. The summed E-state index contributed by atoms with van der Waals surface area (Å²) >= 11 is 0. The van der Waals surface area contributed by atoms with Gasteiger partial charge in [0.25, 0.3) is 0 Å². The topological polar surface area (TPSA) is 95.2 Å². The second-order valence-corrected chi connectivity index (χ2v) is 17.8. The Morgan fingerprint density at radius 1 is 0.711 bits per heavy atom. The molecule has 1 atom stereocenters. The Morgan fingerprint density at radius 2 is 0.947 bits per heavy atom. The maximum Gasteiger partial charge on any atom is 4.00 e. The molecule has 0 radical (unpaired) electrons. The van der Waals surface area contributed by atoms with E-state index in [4.69, 9.17) is 22.9 Å². The molecule has 0 aliphatic heterocycles. The van der Waals surface area contributed by atoms with E-state index in [0.717, 1.165) is 0 Å². The van der Waals surface area contributed by atoms with Crippen molar-refractivity contribution in [1.29, 1.82) is 0 Å². The van der Waals surface area contributed by atoms with Crippen molar-refractivity contribution in [3.63, 3.8) is 0 Å². The first-order valence-electron chi connectivity index (χ1n) is 13.4. The zero-order chi connectivity index (χ0) is 31.6. The summed E-state index contributed by atoms with van der Waals surface area (Å²) in [4.78, 5) is 0. The van der Waals surface area contributed by atoms with Crippen molar-refractivity contribution in [2.45, 2.75) is 158 Å². The van der Waals surface area contributed by atoms with Gasteiger partial charge in [-0.3, -0.25) is 0 Å².